The van der Waals surface area contributed by atoms with Gasteiger partial charge in [0.15, 0.2) is 11.5 Å². The Kier molecular flexibility index (Phi) is 6.56. The number of ether oxygens (including phenoxy) is 3. The van der Waals surface area contributed by atoms with E-state index in [0.717, 1.165) is 5.56 Å². The van der Waals surface area contributed by atoms with Crippen LogP contribution in [0.5, 0.6) is 17.2 Å². The Hall–Kier alpha value is -2.83. The standard InChI is InChI=1S/C18H19F2NO4/c1-3-24-15-9-6-13(10-16(15)23-2)17(22)21-11-12-4-7-14(8-5-12)25-18(19)20/h4-10,18H,3,11H2,1-2H3,(H,21,22). The van der Waals surface area contributed by atoms with Crippen LogP contribution in [0.15, 0.2) is 42.5 Å². The fourth-order valence-electron chi connectivity index (χ4n) is 2.16. The zero-order valence-electron chi connectivity index (χ0n) is 13.9. The maximum absolute atomic E-state index is 12.2. The van der Waals surface area contributed by atoms with Gasteiger partial charge < -0.3 is 19.5 Å². The van der Waals surface area contributed by atoms with Gasteiger partial charge in [-0.05, 0) is 42.8 Å². The molecule has 2 aromatic carbocycles. The number of hydrogen-bond acceptors (Lipinski definition) is 4. The smallest absolute Gasteiger partial charge is 0.387 e. The Morgan fingerprint density at radius 3 is 2.44 bits per heavy atom. The van der Waals surface area contributed by atoms with Gasteiger partial charge in [-0.15, -0.1) is 0 Å². The molecule has 1 amide bonds. The predicted molar refractivity (Wildman–Crippen MR) is 88.4 cm³/mol. The average molecular weight is 351 g/mol. The Morgan fingerprint density at radius 2 is 1.84 bits per heavy atom. The second-order valence-corrected chi connectivity index (χ2v) is 5.00. The summed E-state index contributed by atoms with van der Waals surface area (Å²) in [5.41, 5.74) is 1.19. The topological polar surface area (TPSA) is 56.8 Å². The predicted octanol–water partition coefficient (Wildman–Crippen LogP) is 3.63. The molecule has 0 fully saturated rings. The molecule has 0 unspecified atom stereocenters. The SMILES string of the molecule is CCOc1ccc(C(=O)NCc2ccc(OC(F)F)cc2)cc1OC. The Morgan fingerprint density at radius 1 is 1.12 bits per heavy atom. The van der Waals surface area contributed by atoms with E-state index in [1.54, 1.807) is 30.3 Å². The summed E-state index contributed by atoms with van der Waals surface area (Å²) < 4.78 is 39.1. The van der Waals surface area contributed by atoms with Crippen LogP contribution in [0.1, 0.15) is 22.8 Å². The van der Waals surface area contributed by atoms with E-state index in [2.05, 4.69) is 10.1 Å². The summed E-state index contributed by atoms with van der Waals surface area (Å²) in [6.07, 6.45) is 0. The number of methoxy groups -OCH3 is 1. The molecule has 134 valence electrons. The van der Waals surface area contributed by atoms with Crippen molar-refractivity contribution < 1.29 is 27.8 Å². The summed E-state index contributed by atoms with van der Waals surface area (Å²) in [4.78, 5) is 12.2. The van der Waals surface area contributed by atoms with Crippen molar-refractivity contribution in [3.8, 4) is 17.2 Å². The molecule has 0 saturated heterocycles. The molecule has 25 heavy (non-hydrogen) atoms. The number of alkyl halides is 2. The van der Waals surface area contributed by atoms with Gasteiger partial charge >= 0.3 is 6.61 Å². The maximum Gasteiger partial charge on any atom is 0.387 e. The van der Waals surface area contributed by atoms with E-state index in [0.29, 0.717) is 23.7 Å². The van der Waals surface area contributed by atoms with Crippen LogP contribution in [-0.2, 0) is 6.54 Å². The number of nitrogens with one attached hydrogen (secondary N) is 1. The highest BCUT2D eigenvalue weighted by molar-refractivity contribution is 5.94. The lowest BCUT2D eigenvalue weighted by Crippen LogP contribution is -2.22. The van der Waals surface area contributed by atoms with E-state index in [4.69, 9.17) is 9.47 Å². The highest BCUT2D eigenvalue weighted by Crippen LogP contribution is 2.28. The molecule has 0 heterocycles. The first-order chi connectivity index (χ1) is 12.0. The number of halogens is 2. The quantitative estimate of drug-likeness (QED) is 0.789. The number of rotatable bonds is 8. The summed E-state index contributed by atoms with van der Waals surface area (Å²) in [5, 5.41) is 2.75. The number of carbonyl (C=O) groups is 1. The van der Waals surface area contributed by atoms with Gasteiger partial charge in [0.2, 0.25) is 0 Å². The second kappa shape index (κ2) is 8.86. The van der Waals surface area contributed by atoms with Gasteiger partial charge in [-0.3, -0.25) is 4.79 Å². The minimum atomic E-state index is -2.86. The third-order valence-corrected chi connectivity index (χ3v) is 3.33. The lowest BCUT2D eigenvalue weighted by molar-refractivity contribution is -0.0498. The molecule has 1 N–H and O–H groups in total. The summed E-state index contributed by atoms with van der Waals surface area (Å²) in [7, 11) is 1.50. The molecular weight excluding hydrogens is 332 g/mol. The van der Waals surface area contributed by atoms with Crippen LogP contribution < -0.4 is 19.5 Å². The fourth-order valence-corrected chi connectivity index (χ4v) is 2.16. The molecule has 0 aromatic heterocycles. The molecular formula is C18H19F2NO4. The van der Waals surface area contributed by atoms with Crippen LogP contribution in [0, 0.1) is 0 Å². The minimum Gasteiger partial charge on any atom is -0.493 e. The number of hydrogen-bond donors (Lipinski definition) is 1. The van der Waals surface area contributed by atoms with Gasteiger partial charge in [0, 0.05) is 12.1 Å². The molecule has 0 atom stereocenters. The monoisotopic (exact) mass is 351 g/mol. The third-order valence-electron chi connectivity index (χ3n) is 3.33. The van der Waals surface area contributed by atoms with Crippen molar-refractivity contribution in [2.24, 2.45) is 0 Å². The lowest BCUT2D eigenvalue weighted by Gasteiger charge is -2.11. The van der Waals surface area contributed by atoms with Crippen molar-refractivity contribution in [1.82, 2.24) is 5.32 Å². The van der Waals surface area contributed by atoms with Crippen LogP contribution in [0.3, 0.4) is 0 Å². The van der Waals surface area contributed by atoms with Gasteiger partial charge in [-0.25, -0.2) is 0 Å². The van der Waals surface area contributed by atoms with Crippen LogP contribution in [0.25, 0.3) is 0 Å². The van der Waals surface area contributed by atoms with Gasteiger partial charge in [0.05, 0.1) is 13.7 Å². The van der Waals surface area contributed by atoms with Crippen LogP contribution in [0.2, 0.25) is 0 Å². The Balaban J connectivity index is 1.97. The molecule has 5 nitrogen and oxygen atoms in total. The molecule has 2 rings (SSSR count). The van der Waals surface area contributed by atoms with Crippen molar-refractivity contribution in [2.45, 2.75) is 20.1 Å². The van der Waals surface area contributed by atoms with E-state index in [1.165, 1.54) is 19.2 Å². The normalized spacial score (nSPS) is 10.4. The zero-order chi connectivity index (χ0) is 18.2. The van der Waals surface area contributed by atoms with Crippen LogP contribution >= 0.6 is 0 Å². The van der Waals surface area contributed by atoms with Gasteiger partial charge in [-0.1, -0.05) is 12.1 Å². The van der Waals surface area contributed by atoms with Crippen LogP contribution in [0.4, 0.5) is 8.78 Å². The minimum absolute atomic E-state index is 0.0707. The zero-order valence-corrected chi connectivity index (χ0v) is 13.9. The largest absolute Gasteiger partial charge is 0.493 e. The fraction of sp³-hybridized carbons (Fsp3) is 0.278. The first kappa shape index (κ1) is 18.5. The maximum atomic E-state index is 12.2. The third kappa shape index (κ3) is 5.34. The van der Waals surface area contributed by atoms with E-state index in [-0.39, 0.29) is 18.2 Å². The van der Waals surface area contributed by atoms with Crippen molar-refractivity contribution in [1.29, 1.82) is 0 Å². The van der Waals surface area contributed by atoms with E-state index in [9.17, 15) is 13.6 Å². The number of carbonyl (C=O) groups excluding carboxylic acids is 1. The van der Waals surface area contributed by atoms with E-state index < -0.39 is 6.61 Å². The van der Waals surface area contributed by atoms with Gasteiger partial charge in [0.1, 0.15) is 5.75 Å². The Labute approximate surface area is 144 Å². The van der Waals surface area contributed by atoms with E-state index >= 15 is 0 Å². The van der Waals surface area contributed by atoms with Crippen molar-refractivity contribution >= 4 is 5.91 Å². The summed E-state index contributed by atoms with van der Waals surface area (Å²) in [6, 6.07) is 11.0. The molecule has 2 aromatic rings. The molecule has 0 radical (unpaired) electrons. The number of benzene rings is 2. The Bertz CT molecular complexity index is 705. The molecule has 7 heteroatoms. The molecule has 0 bridgehead atoms. The van der Waals surface area contributed by atoms with Crippen molar-refractivity contribution in [3.05, 3.63) is 53.6 Å². The highest BCUT2D eigenvalue weighted by Gasteiger charge is 2.11. The first-order valence-corrected chi connectivity index (χ1v) is 7.66. The molecule has 0 spiro atoms. The first-order valence-electron chi connectivity index (χ1n) is 7.66. The highest BCUT2D eigenvalue weighted by atomic mass is 19.3. The molecule has 0 aliphatic carbocycles. The molecule has 0 aliphatic rings. The van der Waals surface area contributed by atoms with Crippen LogP contribution in [-0.4, -0.2) is 26.2 Å². The van der Waals surface area contributed by atoms with Gasteiger partial charge in [-0.2, -0.15) is 8.78 Å². The lowest BCUT2D eigenvalue weighted by atomic mass is 10.1. The average Bonchev–Trinajstić information content (AvgIpc) is 2.61. The summed E-state index contributed by atoms with van der Waals surface area (Å²) in [6.45, 7) is -0.256. The van der Waals surface area contributed by atoms with Crippen molar-refractivity contribution in [2.75, 3.05) is 13.7 Å². The second-order valence-electron chi connectivity index (χ2n) is 5.00. The number of amides is 1. The molecule has 0 saturated carbocycles. The summed E-state index contributed by atoms with van der Waals surface area (Å²) in [5.74, 6) is 0.828. The summed E-state index contributed by atoms with van der Waals surface area (Å²) >= 11 is 0. The van der Waals surface area contributed by atoms with Gasteiger partial charge in [0.25, 0.3) is 5.91 Å². The molecule has 0 aliphatic heterocycles. The van der Waals surface area contributed by atoms with E-state index in [1.807, 2.05) is 6.92 Å². The van der Waals surface area contributed by atoms with Crippen molar-refractivity contribution in [3.63, 3.8) is 0 Å².